The predicted molar refractivity (Wildman–Crippen MR) is 103 cm³/mol. The van der Waals surface area contributed by atoms with E-state index in [1.165, 1.54) is 0 Å². The summed E-state index contributed by atoms with van der Waals surface area (Å²) in [6.45, 7) is 1.21. The van der Waals surface area contributed by atoms with Gasteiger partial charge in [0.15, 0.2) is 13.2 Å². The molecule has 1 amide bonds. The number of aryl methyl sites for hydroxylation is 1. The number of benzene rings is 2. The van der Waals surface area contributed by atoms with Gasteiger partial charge in [0.1, 0.15) is 5.75 Å². The molecule has 8 heteroatoms. The monoisotopic (exact) mass is 489 g/mol. The zero-order valence-electron chi connectivity index (χ0n) is 13.1. The van der Waals surface area contributed by atoms with Crippen LogP contribution in [0.2, 0.25) is 5.02 Å². The standard InChI is InChI=1S/C17H14Br2ClNO4/c1-10-5-13(18)17(14(19)6-10)21-15(22)8-25-16(23)9-24-12-4-2-3-11(20)7-12/h2-7H,8-9H2,1H3,(H,21,22). The van der Waals surface area contributed by atoms with Crippen LogP contribution in [0.15, 0.2) is 45.3 Å². The summed E-state index contributed by atoms with van der Waals surface area (Å²) in [5.74, 6) is -0.667. The van der Waals surface area contributed by atoms with E-state index in [4.69, 9.17) is 21.1 Å². The van der Waals surface area contributed by atoms with Crippen LogP contribution in [0.25, 0.3) is 0 Å². The first kappa shape index (κ1) is 19.8. The Morgan fingerprint density at radius 2 is 1.80 bits per heavy atom. The molecule has 0 aliphatic carbocycles. The number of rotatable bonds is 6. The Labute approximate surface area is 166 Å². The lowest BCUT2D eigenvalue weighted by Crippen LogP contribution is -2.24. The lowest BCUT2D eigenvalue weighted by Gasteiger charge is -2.11. The molecular weight excluding hydrogens is 477 g/mol. The topological polar surface area (TPSA) is 64.6 Å². The van der Waals surface area contributed by atoms with E-state index in [0.29, 0.717) is 16.5 Å². The predicted octanol–water partition coefficient (Wildman–Crippen LogP) is 4.73. The Kier molecular flexibility index (Phi) is 7.28. The number of hydrogen-bond acceptors (Lipinski definition) is 4. The molecule has 0 fully saturated rings. The van der Waals surface area contributed by atoms with Crippen LogP contribution < -0.4 is 10.1 Å². The van der Waals surface area contributed by atoms with Gasteiger partial charge in [0.2, 0.25) is 0 Å². The van der Waals surface area contributed by atoms with E-state index >= 15 is 0 Å². The molecule has 0 heterocycles. The van der Waals surface area contributed by atoms with Gasteiger partial charge in [-0.15, -0.1) is 0 Å². The number of amides is 1. The molecule has 5 nitrogen and oxygen atoms in total. The molecule has 0 atom stereocenters. The molecule has 0 saturated heterocycles. The summed E-state index contributed by atoms with van der Waals surface area (Å²) < 4.78 is 11.6. The average molecular weight is 492 g/mol. The second-order valence-corrected chi connectivity index (χ2v) is 7.20. The smallest absolute Gasteiger partial charge is 0.344 e. The number of halogens is 3. The molecule has 0 saturated carbocycles. The third kappa shape index (κ3) is 6.34. The van der Waals surface area contributed by atoms with E-state index < -0.39 is 18.5 Å². The minimum atomic E-state index is -0.655. The maximum Gasteiger partial charge on any atom is 0.344 e. The molecule has 25 heavy (non-hydrogen) atoms. The largest absolute Gasteiger partial charge is 0.482 e. The van der Waals surface area contributed by atoms with E-state index in [9.17, 15) is 9.59 Å². The highest BCUT2D eigenvalue weighted by Gasteiger charge is 2.13. The molecule has 0 bridgehead atoms. The molecule has 1 N–H and O–H groups in total. The van der Waals surface area contributed by atoms with Crippen molar-refractivity contribution in [2.24, 2.45) is 0 Å². The van der Waals surface area contributed by atoms with Gasteiger partial charge in [-0.2, -0.15) is 0 Å². The fourth-order valence-electron chi connectivity index (χ4n) is 1.88. The van der Waals surface area contributed by atoms with Gasteiger partial charge in [-0.05, 0) is 74.7 Å². The first-order chi connectivity index (χ1) is 11.8. The van der Waals surface area contributed by atoms with Gasteiger partial charge in [0.05, 0.1) is 5.69 Å². The summed E-state index contributed by atoms with van der Waals surface area (Å²) >= 11 is 12.6. The highest BCUT2D eigenvalue weighted by molar-refractivity contribution is 9.11. The van der Waals surface area contributed by atoms with Crippen LogP contribution in [0.5, 0.6) is 5.75 Å². The van der Waals surface area contributed by atoms with E-state index in [1.807, 2.05) is 19.1 Å². The van der Waals surface area contributed by atoms with Crippen LogP contribution in [0, 0.1) is 6.92 Å². The Hall–Kier alpha value is -1.57. The lowest BCUT2D eigenvalue weighted by molar-refractivity contribution is -0.149. The van der Waals surface area contributed by atoms with E-state index in [-0.39, 0.29) is 6.61 Å². The number of esters is 1. The molecule has 0 aliphatic rings. The highest BCUT2D eigenvalue weighted by Crippen LogP contribution is 2.32. The van der Waals surface area contributed by atoms with Crippen LogP contribution in [0.4, 0.5) is 5.69 Å². The summed E-state index contributed by atoms with van der Waals surface area (Å²) in [7, 11) is 0. The SMILES string of the molecule is Cc1cc(Br)c(NC(=O)COC(=O)COc2cccc(Cl)c2)c(Br)c1. The van der Waals surface area contributed by atoms with Crippen LogP contribution in [-0.4, -0.2) is 25.1 Å². The van der Waals surface area contributed by atoms with E-state index in [0.717, 1.165) is 14.5 Å². The second-order valence-electron chi connectivity index (χ2n) is 5.06. The third-order valence-electron chi connectivity index (χ3n) is 2.97. The van der Waals surface area contributed by atoms with Crippen molar-refractivity contribution in [2.75, 3.05) is 18.5 Å². The number of nitrogens with one attached hydrogen (secondary N) is 1. The molecule has 2 rings (SSSR count). The Morgan fingerprint density at radius 3 is 2.44 bits per heavy atom. The van der Waals surface area contributed by atoms with Crippen molar-refractivity contribution < 1.29 is 19.1 Å². The second kappa shape index (κ2) is 9.22. The number of hydrogen-bond donors (Lipinski definition) is 1. The van der Waals surface area contributed by atoms with Gasteiger partial charge >= 0.3 is 5.97 Å². The van der Waals surface area contributed by atoms with Gasteiger partial charge in [0, 0.05) is 14.0 Å². The van der Waals surface area contributed by atoms with Crippen LogP contribution in [0.3, 0.4) is 0 Å². The number of carbonyl (C=O) groups is 2. The van der Waals surface area contributed by atoms with Crippen molar-refractivity contribution in [1.82, 2.24) is 0 Å². The molecule has 132 valence electrons. The molecule has 0 aliphatic heterocycles. The summed E-state index contributed by atoms with van der Waals surface area (Å²) in [5.41, 5.74) is 1.60. The van der Waals surface area contributed by atoms with Gasteiger partial charge in [-0.25, -0.2) is 4.79 Å². The maximum atomic E-state index is 11.9. The fraction of sp³-hybridized carbons (Fsp3) is 0.176. The quantitative estimate of drug-likeness (QED) is 0.594. The average Bonchev–Trinajstić information content (AvgIpc) is 2.54. The van der Waals surface area contributed by atoms with Gasteiger partial charge in [0.25, 0.3) is 5.91 Å². The van der Waals surface area contributed by atoms with Crippen LogP contribution in [-0.2, 0) is 14.3 Å². The van der Waals surface area contributed by atoms with Gasteiger partial charge < -0.3 is 14.8 Å². The minimum Gasteiger partial charge on any atom is -0.482 e. The van der Waals surface area contributed by atoms with Crippen molar-refractivity contribution in [3.63, 3.8) is 0 Å². The zero-order valence-corrected chi connectivity index (χ0v) is 17.1. The van der Waals surface area contributed by atoms with Gasteiger partial charge in [-0.1, -0.05) is 17.7 Å². The van der Waals surface area contributed by atoms with Crippen molar-refractivity contribution >= 4 is 61.0 Å². The summed E-state index contributed by atoms with van der Waals surface area (Å²) in [6.07, 6.45) is 0. The van der Waals surface area contributed by atoms with E-state index in [2.05, 4.69) is 37.2 Å². The number of ether oxygens (including phenoxy) is 2. The maximum absolute atomic E-state index is 11.9. The Balaban J connectivity index is 1.81. The first-order valence-corrected chi connectivity index (χ1v) is 9.11. The molecule has 0 spiro atoms. The molecular formula is C17H14Br2ClNO4. The highest BCUT2D eigenvalue weighted by atomic mass is 79.9. The van der Waals surface area contributed by atoms with Crippen LogP contribution >= 0.6 is 43.5 Å². The fourth-order valence-corrected chi connectivity index (χ4v) is 3.68. The summed E-state index contributed by atoms with van der Waals surface area (Å²) in [4.78, 5) is 23.6. The Morgan fingerprint density at radius 1 is 1.12 bits per heavy atom. The Bertz CT molecular complexity index is 775. The normalized spacial score (nSPS) is 10.2. The van der Waals surface area contributed by atoms with Crippen LogP contribution in [0.1, 0.15) is 5.56 Å². The third-order valence-corrected chi connectivity index (χ3v) is 4.45. The van der Waals surface area contributed by atoms with E-state index in [1.54, 1.807) is 24.3 Å². The number of anilines is 1. The lowest BCUT2D eigenvalue weighted by atomic mass is 10.2. The minimum absolute atomic E-state index is 0.314. The molecule has 0 unspecified atom stereocenters. The van der Waals surface area contributed by atoms with Crippen molar-refractivity contribution in [3.8, 4) is 5.75 Å². The summed E-state index contributed by atoms with van der Waals surface area (Å²) in [5, 5.41) is 3.17. The number of carbonyl (C=O) groups excluding carboxylic acids is 2. The van der Waals surface area contributed by atoms with Crippen molar-refractivity contribution in [2.45, 2.75) is 6.92 Å². The molecule has 2 aromatic rings. The molecule has 0 radical (unpaired) electrons. The molecule has 2 aromatic carbocycles. The zero-order chi connectivity index (χ0) is 18.4. The summed E-state index contributed by atoms with van der Waals surface area (Å²) in [6, 6.07) is 10.4. The molecule has 0 aromatic heterocycles. The van der Waals surface area contributed by atoms with Gasteiger partial charge in [-0.3, -0.25) is 4.79 Å². The first-order valence-electron chi connectivity index (χ1n) is 7.14. The van der Waals surface area contributed by atoms with Crippen molar-refractivity contribution in [1.29, 1.82) is 0 Å². The van der Waals surface area contributed by atoms with Crippen molar-refractivity contribution in [3.05, 3.63) is 55.9 Å².